The van der Waals surface area contributed by atoms with E-state index in [2.05, 4.69) is 10.3 Å². The summed E-state index contributed by atoms with van der Waals surface area (Å²) in [6, 6.07) is 12.2. The van der Waals surface area contributed by atoms with Gasteiger partial charge >= 0.3 is 0 Å². The second-order valence-electron chi connectivity index (χ2n) is 6.63. The molecule has 148 valence electrons. The third-order valence-corrected chi connectivity index (χ3v) is 6.69. The highest BCUT2D eigenvalue weighted by molar-refractivity contribution is 7.99. The number of amides is 2. The molecule has 2 aliphatic rings. The number of nitrogens with one attached hydrogen (secondary N) is 1. The Kier molecular flexibility index (Phi) is 4.76. The zero-order valence-corrected chi connectivity index (χ0v) is 16.9. The Labute approximate surface area is 175 Å². The molecule has 0 unspecified atom stereocenters. The summed E-state index contributed by atoms with van der Waals surface area (Å²) in [5, 5.41) is 3.38. The smallest absolute Gasteiger partial charge is 0.255 e. The van der Waals surface area contributed by atoms with Gasteiger partial charge in [-0.25, -0.2) is 4.98 Å². The number of hydrogen-bond donors (Lipinski definition) is 1. The van der Waals surface area contributed by atoms with Gasteiger partial charge in [0.1, 0.15) is 19.3 Å². The van der Waals surface area contributed by atoms with Crippen molar-refractivity contribution in [3.05, 3.63) is 48.0 Å². The SMILES string of the molecule is O=C(Nc1nc2cc3c(cc2s1)OCCO3)[C@@H]1CSCN1C(=O)c1ccccc1. The number of thioether (sulfide) groups is 1. The Balaban J connectivity index is 1.34. The van der Waals surface area contributed by atoms with Crippen molar-refractivity contribution in [1.82, 2.24) is 9.88 Å². The molecule has 2 aromatic carbocycles. The monoisotopic (exact) mass is 427 g/mol. The van der Waals surface area contributed by atoms with Gasteiger partial charge in [0.2, 0.25) is 5.91 Å². The van der Waals surface area contributed by atoms with E-state index in [1.54, 1.807) is 28.8 Å². The van der Waals surface area contributed by atoms with Gasteiger partial charge in [-0.1, -0.05) is 29.5 Å². The third-order valence-electron chi connectivity index (χ3n) is 4.75. The van der Waals surface area contributed by atoms with Crippen LogP contribution in [-0.4, -0.2) is 52.6 Å². The Morgan fingerprint density at radius 3 is 2.66 bits per heavy atom. The summed E-state index contributed by atoms with van der Waals surface area (Å²) < 4.78 is 12.1. The number of aromatic nitrogens is 1. The highest BCUT2D eigenvalue weighted by atomic mass is 32.2. The zero-order valence-electron chi connectivity index (χ0n) is 15.3. The van der Waals surface area contributed by atoms with Gasteiger partial charge in [-0.05, 0) is 12.1 Å². The van der Waals surface area contributed by atoms with Crippen LogP contribution in [0, 0.1) is 0 Å². The minimum atomic E-state index is -0.528. The Bertz CT molecular complexity index is 1040. The molecular formula is C20H17N3O4S2. The zero-order chi connectivity index (χ0) is 19.8. The molecule has 3 heterocycles. The molecule has 5 rings (SSSR count). The lowest BCUT2D eigenvalue weighted by Gasteiger charge is -2.22. The molecule has 7 nitrogen and oxygen atoms in total. The molecular weight excluding hydrogens is 410 g/mol. The number of ether oxygens (including phenoxy) is 2. The van der Waals surface area contributed by atoms with Crippen molar-refractivity contribution in [3.8, 4) is 11.5 Å². The van der Waals surface area contributed by atoms with Crippen molar-refractivity contribution in [2.75, 3.05) is 30.2 Å². The fourth-order valence-electron chi connectivity index (χ4n) is 3.31. The highest BCUT2D eigenvalue weighted by Gasteiger charge is 2.35. The van der Waals surface area contributed by atoms with Crippen LogP contribution >= 0.6 is 23.1 Å². The first-order chi connectivity index (χ1) is 14.2. The van der Waals surface area contributed by atoms with Crippen LogP contribution < -0.4 is 14.8 Å². The predicted molar refractivity (Wildman–Crippen MR) is 113 cm³/mol. The number of fused-ring (bicyclic) bond motifs is 2. The molecule has 1 aromatic heterocycles. The van der Waals surface area contributed by atoms with Crippen molar-refractivity contribution < 1.29 is 19.1 Å². The molecule has 9 heteroatoms. The van der Waals surface area contributed by atoms with Crippen molar-refractivity contribution in [2.45, 2.75) is 6.04 Å². The minimum Gasteiger partial charge on any atom is -0.486 e. The highest BCUT2D eigenvalue weighted by Crippen LogP contribution is 2.38. The topological polar surface area (TPSA) is 80.8 Å². The summed E-state index contributed by atoms with van der Waals surface area (Å²) in [7, 11) is 0. The van der Waals surface area contributed by atoms with Crippen LogP contribution in [-0.2, 0) is 4.79 Å². The van der Waals surface area contributed by atoms with Gasteiger partial charge in [0, 0.05) is 23.4 Å². The van der Waals surface area contributed by atoms with Crippen LogP contribution in [0.2, 0.25) is 0 Å². The molecule has 1 N–H and O–H groups in total. The quantitative estimate of drug-likeness (QED) is 0.691. The second kappa shape index (κ2) is 7.57. The number of anilines is 1. The predicted octanol–water partition coefficient (Wildman–Crippen LogP) is 3.22. The first-order valence-corrected chi connectivity index (χ1v) is 11.1. The summed E-state index contributed by atoms with van der Waals surface area (Å²) in [4.78, 5) is 31.8. The Morgan fingerprint density at radius 1 is 1.10 bits per heavy atom. The second-order valence-corrected chi connectivity index (χ2v) is 8.66. The maximum absolute atomic E-state index is 12.9. The fraction of sp³-hybridized carbons (Fsp3) is 0.250. The van der Waals surface area contributed by atoms with Crippen LogP contribution in [0.3, 0.4) is 0 Å². The van der Waals surface area contributed by atoms with E-state index in [-0.39, 0.29) is 11.8 Å². The van der Waals surface area contributed by atoms with Gasteiger partial charge < -0.3 is 19.7 Å². The van der Waals surface area contributed by atoms with Crippen LogP contribution in [0.25, 0.3) is 10.2 Å². The lowest BCUT2D eigenvalue weighted by atomic mass is 10.1. The number of benzene rings is 2. The van der Waals surface area contributed by atoms with Crippen molar-refractivity contribution in [3.63, 3.8) is 0 Å². The molecule has 29 heavy (non-hydrogen) atoms. The van der Waals surface area contributed by atoms with Gasteiger partial charge in [-0.15, -0.1) is 11.8 Å². The van der Waals surface area contributed by atoms with Crippen molar-refractivity contribution in [2.24, 2.45) is 0 Å². The number of carbonyl (C=O) groups is 2. The average Bonchev–Trinajstić information content (AvgIpc) is 3.38. The summed E-state index contributed by atoms with van der Waals surface area (Å²) in [5.41, 5.74) is 1.32. The molecule has 0 spiro atoms. The van der Waals surface area contributed by atoms with E-state index in [0.717, 1.165) is 10.2 Å². The van der Waals surface area contributed by atoms with E-state index in [1.807, 2.05) is 30.3 Å². The van der Waals surface area contributed by atoms with Crippen LogP contribution in [0.4, 0.5) is 5.13 Å². The van der Waals surface area contributed by atoms with Gasteiger partial charge in [-0.2, -0.15) is 0 Å². The van der Waals surface area contributed by atoms with Gasteiger partial charge in [-0.3, -0.25) is 9.59 Å². The number of hydrogen-bond acceptors (Lipinski definition) is 7. The standard InChI is InChI=1S/C20H17N3O4S2/c24-18(14-10-28-11-23(14)19(25)12-4-2-1-3-5-12)22-20-21-13-8-15-16(9-17(13)29-20)27-7-6-26-15/h1-5,8-9,14H,6-7,10-11H2,(H,21,22,24)/t14-/m0/s1. The molecule has 0 radical (unpaired) electrons. The van der Waals surface area contributed by atoms with E-state index in [9.17, 15) is 9.59 Å². The largest absolute Gasteiger partial charge is 0.486 e. The normalized spacial score (nSPS) is 18.1. The van der Waals surface area contributed by atoms with Crippen LogP contribution in [0.5, 0.6) is 11.5 Å². The first kappa shape index (κ1) is 18.3. The maximum Gasteiger partial charge on any atom is 0.255 e. The Morgan fingerprint density at radius 2 is 1.86 bits per heavy atom. The lowest BCUT2D eigenvalue weighted by molar-refractivity contribution is -0.119. The van der Waals surface area contributed by atoms with Gasteiger partial charge in [0.15, 0.2) is 16.6 Å². The van der Waals surface area contributed by atoms with E-state index in [1.165, 1.54) is 11.3 Å². The van der Waals surface area contributed by atoms with Gasteiger partial charge in [0.25, 0.3) is 5.91 Å². The molecule has 1 fully saturated rings. The van der Waals surface area contributed by atoms with Crippen molar-refractivity contribution in [1.29, 1.82) is 0 Å². The summed E-state index contributed by atoms with van der Waals surface area (Å²) in [6.07, 6.45) is 0. The third kappa shape index (κ3) is 3.51. The number of carbonyl (C=O) groups excluding carboxylic acids is 2. The Hall–Kier alpha value is -2.78. The van der Waals surface area contributed by atoms with E-state index in [4.69, 9.17) is 9.47 Å². The van der Waals surface area contributed by atoms with Crippen LogP contribution in [0.1, 0.15) is 10.4 Å². The molecule has 1 atom stereocenters. The fourth-order valence-corrected chi connectivity index (χ4v) is 5.35. The minimum absolute atomic E-state index is 0.137. The van der Waals surface area contributed by atoms with Crippen LogP contribution in [0.15, 0.2) is 42.5 Å². The molecule has 0 bridgehead atoms. The van der Waals surface area contributed by atoms with E-state index < -0.39 is 6.04 Å². The first-order valence-electron chi connectivity index (χ1n) is 9.14. The molecule has 2 aliphatic heterocycles. The molecule has 3 aromatic rings. The van der Waals surface area contributed by atoms with E-state index in [0.29, 0.717) is 47.0 Å². The molecule has 1 saturated heterocycles. The number of thiazole rings is 1. The molecule has 2 amide bonds. The van der Waals surface area contributed by atoms with Gasteiger partial charge in [0.05, 0.1) is 16.1 Å². The van der Waals surface area contributed by atoms with E-state index >= 15 is 0 Å². The number of rotatable bonds is 3. The lowest BCUT2D eigenvalue weighted by Crippen LogP contribution is -2.44. The molecule has 0 aliphatic carbocycles. The average molecular weight is 428 g/mol. The summed E-state index contributed by atoms with van der Waals surface area (Å²) in [6.45, 7) is 1.03. The van der Waals surface area contributed by atoms with Crippen molar-refractivity contribution >= 4 is 50.3 Å². The summed E-state index contributed by atoms with van der Waals surface area (Å²) in [5.74, 6) is 2.05. The summed E-state index contributed by atoms with van der Waals surface area (Å²) >= 11 is 2.94. The molecule has 0 saturated carbocycles. The maximum atomic E-state index is 12.9. The number of nitrogens with zero attached hydrogens (tertiary/aromatic N) is 2.